The van der Waals surface area contributed by atoms with Gasteiger partial charge in [-0.1, -0.05) is 24.3 Å². The molecule has 0 saturated carbocycles. The number of aliphatic imine (C=N–C) groups is 1. The quantitative estimate of drug-likeness (QED) is 0.616. The lowest BCUT2D eigenvalue weighted by Gasteiger charge is -2.35. The summed E-state index contributed by atoms with van der Waals surface area (Å²) < 4.78 is 30.9. The molecule has 0 aromatic heterocycles. The van der Waals surface area contributed by atoms with E-state index in [0.717, 1.165) is 35.9 Å². The van der Waals surface area contributed by atoms with Crippen LogP contribution in [0.15, 0.2) is 41.4 Å². The second-order valence-electron chi connectivity index (χ2n) is 7.55. The molecule has 2 aliphatic heterocycles. The summed E-state index contributed by atoms with van der Waals surface area (Å²) in [6, 6.07) is 11.3. The van der Waals surface area contributed by atoms with Gasteiger partial charge in [-0.15, -0.1) is 0 Å². The summed E-state index contributed by atoms with van der Waals surface area (Å²) in [6.45, 7) is 5.47. The van der Waals surface area contributed by atoms with Crippen molar-refractivity contribution in [3.05, 3.63) is 64.5 Å². The number of fused-ring (bicyclic) bond motifs is 1. The number of aryl methyl sites for hydroxylation is 1. The molecule has 160 valence electrons. The van der Waals surface area contributed by atoms with Crippen LogP contribution in [0.5, 0.6) is 5.75 Å². The number of rotatable bonds is 4. The van der Waals surface area contributed by atoms with E-state index < -0.39 is 0 Å². The minimum Gasteiger partial charge on any atom is -0.467 e. The minimum absolute atomic E-state index is 0.0159. The van der Waals surface area contributed by atoms with Crippen LogP contribution in [0.1, 0.15) is 28.4 Å². The topological polar surface area (TPSA) is 55.3 Å². The largest absolute Gasteiger partial charge is 0.467 e. The number of guanidine groups is 1. The van der Waals surface area contributed by atoms with E-state index in [-0.39, 0.29) is 18.7 Å². The van der Waals surface area contributed by atoms with Gasteiger partial charge < -0.3 is 24.4 Å². The first-order valence-corrected chi connectivity index (χ1v) is 10.3. The smallest absolute Gasteiger partial charge is 0.193 e. The van der Waals surface area contributed by atoms with Gasteiger partial charge in [0.1, 0.15) is 17.7 Å². The van der Waals surface area contributed by atoms with Crippen LogP contribution in [0.2, 0.25) is 0 Å². The van der Waals surface area contributed by atoms with Gasteiger partial charge in [0.2, 0.25) is 0 Å². The Labute approximate surface area is 176 Å². The molecule has 0 spiro atoms. The molecule has 1 saturated heterocycles. The first kappa shape index (κ1) is 20.6. The highest BCUT2D eigenvalue weighted by Gasteiger charge is 2.25. The second-order valence-corrected chi connectivity index (χ2v) is 7.55. The fourth-order valence-electron chi connectivity index (χ4n) is 4.06. The van der Waals surface area contributed by atoms with Gasteiger partial charge in [-0.3, -0.25) is 4.99 Å². The lowest BCUT2D eigenvalue weighted by molar-refractivity contribution is -0.0172. The Morgan fingerprint density at radius 1 is 1.30 bits per heavy atom. The van der Waals surface area contributed by atoms with Crippen LogP contribution < -0.4 is 10.1 Å². The summed E-state index contributed by atoms with van der Waals surface area (Å²) >= 11 is 0. The molecule has 4 rings (SSSR count). The average molecular weight is 413 g/mol. The van der Waals surface area contributed by atoms with Crippen LogP contribution in [-0.2, 0) is 22.5 Å². The molecule has 1 unspecified atom stereocenters. The number of nitrogens with zero attached hydrogens (tertiary/aromatic N) is 2. The number of ether oxygens (including phenoxy) is 3. The van der Waals surface area contributed by atoms with Crippen molar-refractivity contribution in [2.75, 3.05) is 40.1 Å². The summed E-state index contributed by atoms with van der Waals surface area (Å²) in [5.74, 6) is 1.30. The maximum atomic E-state index is 14.0. The van der Waals surface area contributed by atoms with Crippen molar-refractivity contribution < 1.29 is 18.6 Å². The molecule has 6 nitrogen and oxygen atoms in total. The Hall–Kier alpha value is -2.64. The summed E-state index contributed by atoms with van der Waals surface area (Å²) in [7, 11) is 1.78. The predicted molar refractivity (Wildman–Crippen MR) is 113 cm³/mol. The van der Waals surface area contributed by atoms with E-state index in [0.29, 0.717) is 26.2 Å². The van der Waals surface area contributed by atoms with E-state index in [2.05, 4.69) is 34.3 Å². The Balaban J connectivity index is 1.39. The molecule has 1 fully saturated rings. The molecule has 1 atom stereocenters. The predicted octanol–water partition coefficient (Wildman–Crippen LogP) is 3.19. The summed E-state index contributed by atoms with van der Waals surface area (Å²) in [5, 5.41) is 3.41. The van der Waals surface area contributed by atoms with Crippen LogP contribution in [-0.4, -0.2) is 50.9 Å². The number of morpholine rings is 1. The number of benzene rings is 2. The third kappa shape index (κ3) is 4.57. The normalized spacial score (nSPS) is 19.2. The number of hydrogen-bond acceptors (Lipinski definition) is 4. The number of nitrogens with one attached hydrogen (secondary N) is 1. The molecule has 1 N–H and O–H groups in total. The molecule has 0 aliphatic carbocycles. The fourth-order valence-corrected chi connectivity index (χ4v) is 4.06. The molecule has 2 aromatic rings. The molecule has 2 heterocycles. The number of halogens is 1. The van der Waals surface area contributed by atoms with Gasteiger partial charge in [0.25, 0.3) is 0 Å². The van der Waals surface area contributed by atoms with Crippen molar-refractivity contribution in [3.63, 3.8) is 0 Å². The van der Waals surface area contributed by atoms with E-state index in [1.54, 1.807) is 7.05 Å². The molecule has 30 heavy (non-hydrogen) atoms. The molecule has 7 heteroatoms. The Morgan fingerprint density at radius 2 is 2.17 bits per heavy atom. The van der Waals surface area contributed by atoms with Crippen molar-refractivity contribution in [1.29, 1.82) is 0 Å². The third-order valence-corrected chi connectivity index (χ3v) is 5.54. The van der Waals surface area contributed by atoms with Crippen LogP contribution in [0.3, 0.4) is 0 Å². The third-order valence-electron chi connectivity index (χ3n) is 5.54. The van der Waals surface area contributed by atoms with Gasteiger partial charge in [-0.25, -0.2) is 4.39 Å². The van der Waals surface area contributed by atoms with Gasteiger partial charge in [-0.2, -0.15) is 0 Å². The van der Waals surface area contributed by atoms with E-state index in [1.807, 2.05) is 12.1 Å². The summed E-state index contributed by atoms with van der Waals surface area (Å²) in [4.78, 5) is 6.66. The van der Waals surface area contributed by atoms with E-state index >= 15 is 0 Å². The van der Waals surface area contributed by atoms with E-state index in [4.69, 9.17) is 14.2 Å². The zero-order valence-electron chi connectivity index (χ0n) is 17.5. The highest BCUT2D eigenvalue weighted by molar-refractivity contribution is 5.80. The van der Waals surface area contributed by atoms with E-state index in [9.17, 15) is 4.39 Å². The van der Waals surface area contributed by atoms with Gasteiger partial charge in [0.15, 0.2) is 12.8 Å². The minimum atomic E-state index is -0.267. The Kier molecular flexibility index (Phi) is 6.50. The van der Waals surface area contributed by atoms with E-state index in [1.165, 1.54) is 23.3 Å². The molecule has 2 aromatic carbocycles. The summed E-state index contributed by atoms with van der Waals surface area (Å²) in [5.41, 5.74) is 4.04. The second kappa shape index (κ2) is 9.45. The fraction of sp³-hybridized carbons (Fsp3) is 0.435. The van der Waals surface area contributed by atoms with Gasteiger partial charge in [0.05, 0.1) is 19.8 Å². The first-order valence-electron chi connectivity index (χ1n) is 10.3. The zero-order chi connectivity index (χ0) is 20.9. The van der Waals surface area contributed by atoms with Crippen LogP contribution in [0.25, 0.3) is 0 Å². The van der Waals surface area contributed by atoms with Gasteiger partial charge in [0, 0.05) is 25.7 Å². The molecular weight excluding hydrogens is 385 g/mol. The monoisotopic (exact) mass is 413 g/mol. The number of hydrogen-bond donors (Lipinski definition) is 1. The van der Waals surface area contributed by atoms with Gasteiger partial charge in [-0.05, 0) is 42.2 Å². The molecule has 0 radical (unpaired) electrons. The van der Waals surface area contributed by atoms with Gasteiger partial charge >= 0.3 is 0 Å². The maximum absolute atomic E-state index is 14.0. The lowest BCUT2D eigenvalue weighted by Crippen LogP contribution is -2.48. The van der Waals surface area contributed by atoms with Crippen molar-refractivity contribution in [2.45, 2.75) is 26.1 Å². The zero-order valence-corrected chi connectivity index (χ0v) is 17.5. The highest BCUT2D eigenvalue weighted by atomic mass is 19.1. The summed E-state index contributed by atoms with van der Waals surface area (Å²) in [6.07, 6.45) is 0.646. The Bertz CT molecular complexity index is 919. The van der Waals surface area contributed by atoms with Crippen molar-refractivity contribution >= 4 is 5.96 Å². The van der Waals surface area contributed by atoms with Crippen molar-refractivity contribution in [1.82, 2.24) is 10.2 Å². The van der Waals surface area contributed by atoms with Crippen LogP contribution in [0.4, 0.5) is 4.39 Å². The highest BCUT2D eigenvalue weighted by Crippen LogP contribution is 2.29. The first-order chi connectivity index (χ1) is 14.7. The maximum Gasteiger partial charge on any atom is 0.193 e. The van der Waals surface area contributed by atoms with Crippen LogP contribution >= 0.6 is 0 Å². The average Bonchev–Trinajstić information content (AvgIpc) is 2.77. The Morgan fingerprint density at radius 3 is 3.00 bits per heavy atom. The van der Waals surface area contributed by atoms with Crippen LogP contribution in [0, 0.1) is 12.7 Å². The SMILES string of the molecule is CN=C(NCCc1cc(F)cc2c1OCOC2)N1CCOC(c2ccccc2C)C1. The molecule has 0 amide bonds. The lowest BCUT2D eigenvalue weighted by atomic mass is 10.0. The van der Waals surface area contributed by atoms with Crippen molar-refractivity contribution in [3.8, 4) is 5.75 Å². The molecular formula is C23H28FN3O3. The van der Waals surface area contributed by atoms with Crippen molar-refractivity contribution in [2.24, 2.45) is 4.99 Å². The molecule has 2 aliphatic rings. The molecule has 0 bridgehead atoms. The standard InChI is InChI=1S/C23H28FN3O3/c1-16-5-3-4-6-20(16)21-13-27(9-10-29-21)23(25-2)26-8-7-17-11-19(24)12-18-14-28-15-30-22(17)18/h3-6,11-12,21H,7-10,13-15H2,1-2H3,(H,25,26).